The van der Waals surface area contributed by atoms with E-state index in [9.17, 15) is 9.59 Å². The zero-order chi connectivity index (χ0) is 13.0. The molecule has 0 saturated carbocycles. The number of carbonyl (C=O) groups is 3. The van der Waals surface area contributed by atoms with Gasteiger partial charge in [-0.3, -0.25) is 0 Å². The van der Waals surface area contributed by atoms with Crippen LogP contribution in [0.1, 0.15) is 0 Å². The molecule has 0 aromatic heterocycles. The molecule has 0 amide bonds. The maximum Gasteiger partial charge on any atom is 0.508 e. The molecule has 1 fully saturated rings. The minimum absolute atomic E-state index is 0.416. The summed E-state index contributed by atoms with van der Waals surface area (Å²) < 4.78 is 16.7. The second-order valence-corrected chi connectivity index (χ2v) is 1.89. The number of hydrogen-bond donors (Lipinski definition) is 2. The first kappa shape index (κ1) is 16.2. The zero-order valence-corrected chi connectivity index (χ0v) is 8.67. The summed E-state index contributed by atoms with van der Waals surface area (Å²) in [4.78, 5) is 28.1. The normalized spacial score (nSPS) is 11.5. The van der Waals surface area contributed by atoms with Gasteiger partial charge in [-0.1, -0.05) is 0 Å². The van der Waals surface area contributed by atoms with Crippen LogP contribution in [0, 0.1) is 0 Å². The average molecular weight is 240 g/mol. The van der Waals surface area contributed by atoms with E-state index < -0.39 is 18.5 Å². The molecule has 1 saturated heterocycles. The lowest BCUT2D eigenvalue weighted by molar-refractivity contribution is 0.0923. The van der Waals surface area contributed by atoms with Crippen LogP contribution in [0.5, 0.6) is 0 Å². The fourth-order valence-electron chi connectivity index (χ4n) is 0.375. The molecule has 16 heavy (non-hydrogen) atoms. The monoisotopic (exact) mass is 240 g/mol. The van der Waals surface area contributed by atoms with Crippen molar-refractivity contribution in [1.29, 1.82) is 0 Å². The van der Waals surface area contributed by atoms with Crippen LogP contribution in [0.4, 0.5) is 14.4 Å². The van der Waals surface area contributed by atoms with E-state index in [-0.39, 0.29) is 0 Å². The van der Waals surface area contributed by atoms with Gasteiger partial charge in [0.05, 0.1) is 14.2 Å². The van der Waals surface area contributed by atoms with E-state index in [0.717, 1.165) is 0 Å². The molecule has 0 aromatic carbocycles. The first-order chi connectivity index (χ1) is 7.43. The smallest absolute Gasteiger partial charge is 0.450 e. The Hall–Kier alpha value is -2.19. The summed E-state index contributed by atoms with van der Waals surface area (Å²) in [6, 6.07) is 0. The Morgan fingerprint density at radius 1 is 1.12 bits per heavy atom. The molecule has 0 aliphatic carbocycles. The van der Waals surface area contributed by atoms with Gasteiger partial charge in [-0.2, -0.15) is 0 Å². The van der Waals surface area contributed by atoms with Crippen molar-refractivity contribution >= 4 is 18.5 Å². The second kappa shape index (κ2) is 10.9. The molecule has 0 atom stereocenters. The minimum atomic E-state index is -1.83. The van der Waals surface area contributed by atoms with Crippen LogP contribution in [0.3, 0.4) is 0 Å². The highest BCUT2D eigenvalue weighted by Crippen LogP contribution is 1.92. The highest BCUT2D eigenvalue weighted by atomic mass is 16.8. The molecule has 1 rings (SSSR count). The molecule has 0 spiro atoms. The van der Waals surface area contributed by atoms with Crippen LogP contribution in [0.2, 0.25) is 0 Å². The van der Waals surface area contributed by atoms with E-state index in [4.69, 9.17) is 15.0 Å². The topological polar surface area (TPSA) is 129 Å². The van der Waals surface area contributed by atoms with Crippen LogP contribution in [0.15, 0.2) is 0 Å². The van der Waals surface area contributed by atoms with Gasteiger partial charge in [0.15, 0.2) is 0 Å². The SMILES string of the molecule is COC(=O)OC.O=C(O)O.O=C1OCCO1. The maximum atomic E-state index is 9.80. The van der Waals surface area contributed by atoms with Crippen LogP contribution < -0.4 is 0 Å². The van der Waals surface area contributed by atoms with Crippen LogP contribution in [0.25, 0.3) is 0 Å². The number of carbonyl (C=O) groups excluding carboxylic acids is 2. The molecule has 2 N–H and O–H groups in total. The van der Waals surface area contributed by atoms with Crippen molar-refractivity contribution in [3.05, 3.63) is 0 Å². The summed E-state index contributed by atoms with van der Waals surface area (Å²) in [6.45, 7) is 0.831. The van der Waals surface area contributed by atoms with Crippen LogP contribution in [-0.2, 0) is 18.9 Å². The fraction of sp³-hybridized carbons (Fsp3) is 0.571. The van der Waals surface area contributed by atoms with E-state index in [2.05, 4.69) is 18.9 Å². The number of methoxy groups -OCH3 is 2. The summed E-state index contributed by atoms with van der Waals surface area (Å²) in [7, 11) is 2.51. The predicted octanol–water partition coefficient (Wildman–Crippen LogP) is 0.775. The predicted molar refractivity (Wildman–Crippen MR) is 47.4 cm³/mol. The van der Waals surface area contributed by atoms with Gasteiger partial charge in [-0.05, 0) is 0 Å². The van der Waals surface area contributed by atoms with Crippen molar-refractivity contribution < 1.29 is 43.5 Å². The first-order valence-corrected chi connectivity index (χ1v) is 3.77. The third-order valence-corrected chi connectivity index (χ3v) is 0.856. The molecule has 9 nitrogen and oxygen atoms in total. The van der Waals surface area contributed by atoms with Gasteiger partial charge in [0.25, 0.3) is 0 Å². The number of cyclic esters (lactones) is 2. The molecular weight excluding hydrogens is 228 g/mol. The Morgan fingerprint density at radius 2 is 1.44 bits per heavy atom. The lowest BCUT2D eigenvalue weighted by Gasteiger charge is -1.89. The largest absolute Gasteiger partial charge is 0.508 e. The van der Waals surface area contributed by atoms with E-state index >= 15 is 0 Å². The van der Waals surface area contributed by atoms with E-state index in [1.165, 1.54) is 14.2 Å². The lowest BCUT2D eigenvalue weighted by atomic mass is 10.8. The molecule has 0 radical (unpaired) electrons. The quantitative estimate of drug-likeness (QED) is 0.589. The third kappa shape index (κ3) is 17.8. The zero-order valence-electron chi connectivity index (χ0n) is 8.67. The molecule has 0 bridgehead atoms. The van der Waals surface area contributed by atoms with Gasteiger partial charge < -0.3 is 29.2 Å². The van der Waals surface area contributed by atoms with Gasteiger partial charge in [0, 0.05) is 0 Å². The van der Waals surface area contributed by atoms with Crippen molar-refractivity contribution in [2.75, 3.05) is 27.4 Å². The summed E-state index contributed by atoms with van der Waals surface area (Å²) >= 11 is 0. The Kier molecular flexibility index (Phi) is 11.1. The van der Waals surface area contributed by atoms with Gasteiger partial charge in [0.1, 0.15) is 13.2 Å². The highest BCUT2D eigenvalue weighted by molar-refractivity contribution is 5.61. The summed E-state index contributed by atoms with van der Waals surface area (Å²) in [5.41, 5.74) is 0. The minimum Gasteiger partial charge on any atom is -0.450 e. The van der Waals surface area contributed by atoms with Crippen molar-refractivity contribution in [2.45, 2.75) is 0 Å². The van der Waals surface area contributed by atoms with Crippen molar-refractivity contribution in [2.24, 2.45) is 0 Å². The number of hydrogen-bond acceptors (Lipinski definition) is 7. The molecule has 1 aliphatic heterocycles. The Labute approximate surface area is 90.5 Å². The molecule has 0 unspecified atom stereocenters. The Balaban J connectivity index is 0. The molecule has 9 heteroatoms. The standard InChI is InChI=1S/C3H4O3.C3H6O3.CH2O3/c4-3-5-1-2-6-3;1-5-3(4)6-2;2-1(3)4/h1-2H2;1-2H3;(H2,2,3,4). The lowest BCUT2D eigenvalue weighted by Crippen LogP contribution is -1.97. The second-order valence-electron chi connectivity index (χ2n) is 1.89. The number of carboxylic acid groups (broad SMARTS) is 2. The van der Waals surface area contributed by atoms with Crippen LogP contribution in [-0.4, -0.2) is 56.1 Å². The van der Waals surface area contributed by atoms with Gasteiger partial charge in [0.2, 0.25) is 0 Å². The fourth-order valence-corrected chi connectivity index (χ4v) is 0.375. The van der Waals surface area contributed by atoms with E-state index in [1.807, 2.05) is 0 Å². The summed E-state index contributed by atoms with van der Waals surface area (Å²) in [5.74, 6) is 0. The number of ether oxygens (including phenoxy) is 4. The maximum absolute atomic E-state index is 9.80. The van der Waals surface area contributed by atoms with E-state index in [0.29, 0.717) is 13.2 Å². The molecular formula is C7H12O9. The first-order valence-electron chi connectivity index (χ1n) is 3.77. The summed E-state index contributed by atoms with van der Waals surface area (Å²) in [5, 5.41) is 13.9. The van der Waals surface area contributed by atoms with E-state index in [1.54, 1.807) is 0 Å². The Morgan fingerprint density at radius 3 is 1.50 bits per heavy atom. The van der Waals surface area contributed by atoms with Gasteiger partial charge in [-0.25, -0.2) is 14.4 Å². The van der Waals surface area contributed by atoms with Gasteiger partial charge >= 0.3 is 18.5 Å². The Bertz CT molecular complexity index is 204. The highest BCUT2D eigenvalue weighted by Gasteiger charge is 2.09. The average Bonchev–Trinajstić information content (AvgIpc) is 2.68. The molecule has 94 valence electrons. The van der Waals surface area contributed by atoms with Crippen molar-refractivity contribution in [1.82, 2.24) is 0 Å². The van der Waals surface area contributed by atoms with Crippen molar-refractivity contribution in [3.8, 4) is 0 Å². The summed E-state index contributed by atoms with van der Waals surface area (Å²) in [6.07, 6.45) is -3.04. The molecule has 1 heterocycles. The molecule has 0 aromatic rings. The number of rotatable bonds is 0. The van der Waals surface area contributed by atoms with Crippen molar-refractivity contribution in [3.63, 3.8) is 0 Å². The van der Waals surface area contributed by atoms with Gasteiger partial charge in [-0.15, -0.1) is 0 Å². The third-order valence-electron chi connectivity index (χ3n) is 0.856. The van der Waals surface area contributed by atoms with Crippen LogP contribution >= 0.6 is 0 Å². The molecule has 1 aliphatic rings.